The van der Waals surface area contributed by atoms with E-state index in [0.717, 1.165) is 44.0 Å². The average Bonchev–Trinajstić information content (AvgIpc) is 2.85. The highest BCUT2D eigenvalue weighted by atomic mass is 35.5. The zero-order valence-electron chi connectivity index (χ0n) is 20.2. The van der Waals surface area contributed by atoms with Crippen molar-refractivity contribution in [2.24, 2.45) is 5.14 Å². The Morgan fingerprint density at radius 2 is 1.89 bits per heavy atom. The Labute approximate surface area is 216 Å². The molecule has 3 aromatic rings. The van der Waals surface area contributed by atoms with Crippen LogP contribution >= 0.6 is 11.6 Å². The summed E-state index contributed by atoms with van der Waals surface area (Å²) < 4.78 is 29.3. The van der Waals surface area contributed by atoms with Crippen LogP contribution in [0.5, 0.6) is 5.75 Å². The molecule has 10 nitrogen and oxygen atoms in total. The molecule has 2 heterocycles. The minimum absolute atomic E-state index is 0.0444. The molecule has 12 heteroatoms. The predicted molar refractivity (Wildman–Crippen MR) is 141 cm³/mol. The summed E-state index contributed by atoms with van der Waals surface area (Å²) in [5, 5.41) is 11.9. The van der Waals surface area contributed by atoms with Crippen molar-refractivity contribution in [3.63, 3.8) is 0 Å². The molecule has 0 saturated carbocycles. The Balaban J connectivity index is 1.50. The maximum atomic E-state index is 11.9. The molecular weight excluding hydrogens is 502 g/mol. The van der Waals surface area contributed by atoms with Gasteiger partial charge in [-0.15, -0.1) is 0 Å². The molecule has 0 aliphatic carbocycles. The van der Waals surface area contributed by atoms with Crippen LogP contribution in [0.3, 0.4) is 0 Å². The summed E-state index contributed by atoms with van der Waals surface area (Å²) in [4.78, 5) is 13.6. The summed E-state index contributed by atoms with van der Waals surface area (Å²) in [6, 6.07) is 12.5. The van der Waals surface area contributed by atoms with Crippen molar-refractivity contribution in [1.29, 1.82) is 0 Å². The molecule has 4 N–H and O–H groups in total. The van der Waals surface area contributed by atoms with Crippen molar-refractivity contribution in [2.45, 2.75) is 18.0 Å². The SMILES string of the molecule is COc1ccc(CN2CCN(C)CC2)cc1Nc1ncc(Cl)c(NCc2ccccc2S(N)(=O)=O)n1. The van der Waals surface area contributed by atoms with Gasteiger partial charge in [0.15, 0.2) is 5.82 Å². The number of aromatic nitrogens is 2. The average molecular weight is 532 g/mol. The van der Waals surface area contributed by atoms with E-state index in [9.17, 15) is 8.42 Å². The van der Waals surface area contributed by atoms with Crippen LogP contribution in [0.1, 0.15) is 11.1 Å². The topological polar surface area (TPSA) is 126 Å². The second kappa shape index (κ2) is 11.4. The Morgan fingerprint density at radius 3 is 2.61 bits per heavy atom. The van der Waals surface area contributed by atoms with Gasteiger partial charge < -0.3 is 20.3 Å². The Kier molecular flexibility index (Phi) is 8.27. The number of rotatable bonds is 9. The lowest BCUT2D eigenvalue weighted by molar-refractivity contribution is 0.148. The van der Waals surface area contributed by atoms with E-state index >= 15 is 0 Å². The van der Waals surface area contributed by atoms with Crippen LogP contribution in [0.15, 0.2) is 53.6 Å². The number of benzene rings is 2. The molecule has 192 valence electrons. The molecular formula is C24H30ClN7O3S. The lowest BCUT2D eigenvalue weighted by atomic mass is 10.1. The molecule has 1 aliphatic heterocycles. The van der Waals surface area contributed by atoms with Crippen molar-refractivity contribution in [3.8, 4) is 5.75 Å². The van der Waals surface area contributed by atoms with Crippen LogP contribution in [-0.4, -0.2) is 68.5 Å². The number of halogens is 1. The molecule has 1 saturated heterocycles. The molecule has 1 aromatic heterocycles. The molecule has 1 fully saturated rings. The van der Waals surface area contributed by atoms with E-state index in [-0.39, 0.29) is 11.4 Å². The van der Waals surface area contributed by atoms with E-state index < -0.39 is 10.0 Å². The van der Waals surface area contributed by atoms with Crippen LogP contribution in [-0.2, 0) is 23.1 Å². The normalized spacial score (nSPS) is 15.0. The fraction of sp³-hybridized carbons (Fsp3) is 0.333. The Morgan fingerprint density at radius 1 is 1.14 bits per heavy atom. The molecule has 36 heavy (non-hydrogen) atoms. The smallest absolute Gasteiger partial charge is 0.238 e. The van der Waals surface area contributed by atoms with Gasteiger partial charge in [-0.05, 0) is 36.4 Å². The van der Waals surface area contributed by atoms with Gasteiger partial charge in [0, 0.05) is 39.3 Å². The van der Waals surface area contributed by atoms with Gasteiger partial charge >= 0.3 is 0 Å². The van der Waals surface area contributed by atoms with Gasteiger partial charge in [0.05, 0.1) is 23.9 Å². The Hall–Kier alpha value is -2.96. The maximum absolute atomic E-state index is 11.9. The summed E-state index contributed by atoms with van der Waals surface area (Å²) in [6.45, 7) is 5.15. The van der Waals surface area contributed by atoms with E-state index in [0.29, 0.717) is 28.1 Å². The lowest BCUT2D eigenvalue weighted by Gasteiger charge is -2.32. The molecule has 0 bridgehead atoms. The lowest BCUT2D eigenvalue weighted by Crippen LogP contribution is -2.43. The third-order valence-corrected chi connectivity index (χ3v) is 7.27. The van der Waals surface area contributed by atoms with Crippen molar-refractivity contribution >= 4 is 39.1 Å². The molecule has 0 unspecified atom stereocenters. The van der Waals surface area contributed by atoms with Crippen molar-refractivity contribution in [1.82, 2.24) is 19.8 Å². The number of hydrogen-bond donors (Lipinski definition) is 3. The summed E-state index contributed by atoms with van der Waals surface area (Å²) in [7, 11) is -0.110. The zero-order valence-corrected chi connectivity index (χ0v) is 21.8. The van der Waals surface area contributed by atoms with Gasteiger partial charge in [-0.2, -0.15) is 4.98 Å². The van der Waals surface area contributed by atoms with Gasteiger partial charge in [0.2, 0.25) is 16.0 Å². The van der Waals surface area contributed by atoms with E-state index in [4.69, 9.17) is 21.5 Å². The molecule has 0 radical (unpaired) electrons. The summed E-state index contributed by atoms with van der Waals surface area (Å²) in [5.41, 5.74) is 2.38. The first-order valence-electron chi connectivity index (χ1n) is 11.4. The van der Waals surface area contributed by atoms with E-state index in [1.807, 2.05) is 12.1 Å². The van der Waals surface area contributed by atoms with E-state index in [1.165, 1.54) is 12.3 Å². The number of piperazine rings is 1. The van der Waals surface area contributed by atoms with E-state index in [1.54, 1.807) is 25.3 Å². The number of likely N-dealkylation sites (N-methyl/N-ethyl adjacent to an activating group) is 1. The fourth-order valence-electron chi connectivity index (χ4n) is 3.99. The number of nitrogens with zero attached hydrogens (tertiary/aromatic N) is 4. The van der Waals surface area contributed by atoms with Gasteiger partial charge in [-0.25, -0.2) is 18.5 Å². The minimum atomic E-state index is -3.86. The molecule has 1 aliphatic rings. The molecule has 0 spiro atoms. The number of methoxy groups -OCH3 is 1. The highest BCUT2D eigenvalue weighted by Crippen LogP contribution is 2.30. The molecule has 4 rings (SSSR count). The predicted octanol–water partition coefficient (Wildman–Crippen LogP) is 2.89. The maximum Gasteiger partial charge on any atom is 0.238 e. The number of nitrogens with two attached hydrogens (primary N) is 1. The number of nitrogens with one attached hydrogen (secondary N) is 2. The molecule has 2 aromatic carbocycles. The van der Waals surface area contributed by atoms with Crippen LogP contribution < -0.4 is 20.5 Å². The van der Waals surface area contributed by atoms with Crippen LogP contribution in [0, 0.1) is 0 Å². The molecule has 0 amide bonds. The van der Waals surface area contributed by atoms with Crippen molar-refractivity contribution in [2.75, 3.05) is 51.0 Å². The summed E-state index contributed by atoms with van der Waals surface area (Å²) in [5.74, 6) is 1.33. The first kappa shape index (κ1) is 26.1. The quantitative estimate of drug-likeness (QED) is 0.382. The summed E-state index contributed by atoms with van der Waals surface area (Å²) >= 11 is 6.31. The van der Waals surface area contributed by atoms with Crippen molar-refractivity contribution in [3.05, 3.63) is 64.8 Å². The first-order chi connectivity index (χ1) is 17.2. The minimum Gasteiger partial charge on any atom is -0.495 e. The highest BCUT2D eigenvalue weighted by molar-refractivity contribution is 7.89. The van der Waals surface area contributed by atoms with Crippen LogP contribution in [0.25, 0.3) is 0 Å². The second-order valence-corrected chi connectivity index (χ2v) is 10.6. The highest BCUT2D eigenvalue weighted by Gasteiger charge is 2.16. The van der Waals surface area contributed by atoms with Gasteiger partial charge in [-0.1, -0.05) is 35.9 Å². The molecule has 0 atom stereocenters. The third-order valence-electron chi connectivity index (χ3n) is 5.98. The number of sulfonamides is 1. The Bertz CT molecular complexity index is 1310. The largest absolute Gasteiger partial charge is 0.495 e. The monoisotopic (exact) mass is 531 g/mol. The van der Waals surface area contributed by atoms with Crippen molar-refractivity contribution < 1.29 is 13.2 Å². The third kappa shape index (κ3) is 6.62. The number of ether oxygens (including phenoxy) is 1. The van der Waals surface area contributed by atoms with E-state index in [2.05, 4.69) is 43.5 Å². The van der Waals surface area contributed by atoms with Gasteiger partial charge in [-0.3, -0.25) is 4.90 Å². The zero-order chi connectivity index (χ0) is 25.7. The van der Waals surface area contributed by atoms with Crippen LogP contribution in [0.4, 0.5) is 17.5 Å². The first-order valence-corrected chi connectivity index (χ1v) is 13.4. The second-order valence-electron chi connectivity index (χ2n) is 8.64. The van der Waals surface area contributed by atoms with Crippen LogP contribution in [0.2, 0.25) is 5.02 Å². The number of primary sulfonamides is 1. The number of anilines is 3. The summed E-state index contributed by atoms with van der Waals surface area (Å²) in [6.07, 6.45) is 1.48. The number of hydrogen-bond acceptors (Lipinski definition) is 9. The van der Waals surface area contributed by atoms with Gasteiger partial charge in [0.1, 0.15) is 10.8 Å². The standard InChI is InChI=1S/C24H30ClN7O3S/c1-31-9-11-32(12-10-31)16-17-7-8-21(35-2)20(13-17)29-24-28-15-19(25)23(30-24)27-14-18-5-3-4-6-22(18)36(26,33)34/h3-8,13,15H,9-12,14,16H2,1-2H3,(H2,26,33,34)(H2,27,28,29,30). The van der Waals surface area contributed by atoms with Gasteiger partial charge in [0.25, 0.3) is 0 Å². The fourth-order valence-corrected chi connectivity index (χ4v) is 4.93.